The Balaban J connectivity index is 1.37. The monoisotopic (exact) mass is 510 g/mol. The second-order valence-electron chi connectivity index (χ2n) is 10.2. The number of hydrogen-bond donors (Lipinski definition) is 2. The van der Waals surface area contributed by atoms with E-state index in [0.29, 0.717) is 17.8 Å². The molecule has 5 rings (SSSR count). The second-order valence-corrected chi connectivity index (χ2v) is 10.2. The van der Waals surface area contributed by atoms with Crippen LogP contribution in [0, 0.1) is 25.6 Å². The standard InChI is InChI=1S/C32H31FN2O3/c1-20-4-10-27(21(2)16-20)31(23-6-8-26(33)9-7-23)35-30(36)18-22-5-11-28-24(17-22)19-29(38-28)32(3,37)25-12-14-34-15-13-25/h4-12,14-17,19,25,31,37H,13,18H2,1-3H3,(H,35,36). The number of nitrogens with one attached hydrogen (secondary N) is 1. The third-order valence-corrected chi connectivity index (χ3v) is 7.28. The molecule has 0 saturated heterocycles. The third-order valence-electron chi connectivity index (χ3n) is 7.28. The fourth-order valence-corrected chi connectivity index (χ4v) is 5.06. The van der Waals surface area contributed by atoms with Crippen molar-refractivity contribution in [3.63, 3.8) is 0 Å². The number of carbonyl (C=O) groups excluding carboxylic acids is 1. The fraction of sp³-hybridized carbons (Fsp3) is 0.250. The van der Waals surface area contributed by atoms with Gasteiger partial charge in [-0.2, -0.15) is 0 Å². The second kappa shape index (κ2) is 10.4. The maximum absolute atomic E-state index is 13.6. The lowest BCUT2D eigenvalue weighted by molar-refractivity contribution is -0.120. The van der Waals surface area contributed by atoms with Crippen LogP contribution in [0.5, 0.6) is 0 Å². The van der Waals surface area contributed by atoms with Crippen molar-refractivity contribution >= 4 is 23.1 Å². The molecule has 0 aliphatic carbocycles. The van der Waals surface area contributed by atoms with Crippen molar-refractivity contribution in [3.8, 4) is 0 Å². The number of nitrogens with zero attached hydrogens (tertiary/aromatic N) is 1. The maximum Gasteiger partial charge on any atom is 0.225 e. The number of amides is 1. The fourth-order valence-electron chi connectivity index (χ4n) is 5.06. The lowest BCUT2D eigenvalue weighted by atomic mass is 9.84. The molecule has 3 atom stereocenters. The van der Waals surface area contributed by atoms with Gasteiger partial charge in [0, 0.05) is 23.7 Å². The molecule has 1 aromatic heterocycles. The Morgan fingerprint density at radius 1 is 1.13 bits per heavy atom. The summed E-state index contributed by atoms with van der Waals surface area (Å²) in [5, 5.41) is 15.2. The molecule has 4 aromatic rings. The first kappa shape index (κ1) is 25.6. The molecule has 5 nitrogen and oxygen atoms in total. The topological polar surface area (TPSA) is 74.8 Å². The van der Waals surface area contributed by atoms with E-state index < -0.39 is 11.6 Å². The lowest BCUT2D eigenvalue weighted by Gasteiger charge is -2.28. The third kappa shape index (κ3) is 5.31. The number of halogens is 1. The molecule has 0 radical (unpaired) electrons. The van der Waals surface area contributed by atoms with Crippen molar-refractivity contribution in [3.05, 3.63) is 118 Å². The van der Waals surface area contributed by atoms with E-state index in [4.69, 9.17) is 4.42 Å². The predicted molar refractivity (Wildman–Crippen MR) is 148 cm³/mol. The number of furan rings is 1. The Kier molecular flexibility index (Phi) is 7.00. The molecular weight excluding hydrogens is 479 g/mol. The highest BCUT2D eigenvalue weighted by Gasteiger charge is 2.35. The number of benzene rings is 3. The number of aryl methyl sites for hydroxylation is 2. The van der Waals surface area contributed by atoms with Gasteiger partial charge in [0.1, 0.15) is 22.8 Å². The number of fused-ring (bicyclic) bond motifs is 1. The summed E-state index contributed by atoms with van der Waals surface area (Å²) >= 11 is 0. The van der Waals surface area contributed by atoms with E-state index in [2.05, 4.69) is 16.4 Å². The van der Waals surface area contributed by atoms with Crippen LogP contribution >= 0.6 is 0 Å². The highest BCUT2D eigenvalue weighted by atomic mass is 19.1. The summed E-state index contributed by atoms with van der Waals surface area (Å²) in [6.45, 7) is 5.79. The van der Waals surface area contributed by atoms with E-state index in [1.165, 1.54) is 12.1 Å². The van der Waals surface area contributed by atoms with Crippen LogP contribution in [0.25, 0.3) is 11.0 Å². The SMILES string of the molecule is Cc1ccc(C(NC(=O)Cc2ccc3oc(C(C)(O)C4C=CN=CC4)cc3c2)c2ccc(F)cc2)c(C)c1. The molecule has 3 unspecified atom stereocenters. The molecule has 3 aromatic carbocycles. The van der Waals surface area contributed by atoms with Gasteiger partial charge < -0.3 is 14.8 Å². The van der Waals surface area contributed by atoms with Crippen LogP contribution in [0.3, 0.4) is 0 Å². The van der Waals surface area contributed by atoms with Crippen LogP contribution < -0.4 is 5.32 Å². The number of aliphatic hydroxyl groups is 1. The summed E-state index contributed by atoms with van der Waals surface area (Å²) in [7, 11) is 0. The summed E-state index contributed by atoms with van der Waals surface area (Å²) in [6.07, 6.45) is 6.16. The number of rotatable bonds is 7. The minimum absolute atomic E-state index is 0.139. The van der Waals surface area contributed by atoms with Gasteiger partial charge in [0.15, 0.2) is 0 Å². The largest absolute Gasteiger partial charge is 0.458 e. The molecule has 1 aliphatic rings. The molecule has 2 heterocycles. The van der Waals surface area contributed by atoms with E-state index in [-0.39, 0.29) is 24.1 Å². The molecule has 38 heavy (non-hydrogen) atoms. The summed E-state index contributed by atoms with van der Waals surface area (Å²) in [5.74, 6) is -0.135. The van der Waals surface area contributed by atoms with E-state index in [1.54, 1.807) is 31.5 Å². The predicted octanol–water partition coefficient (Wildman–Crippen LogP) is 6.45. The van der Waals surface area contributed by atoms with Gasteiger partial charge in [-0.3, -0.25) is 9.79 Å². The Morgan fingerprint density at radius 2 is 1.92 bits per heavy atom. The molecule has 1 aliphatic heterocycles. The molecule has 2 N–H and O–H groups in total. The first-order valence-electron chi connectivity index (χ1n) is 12.8. The first-order valence-corrected chi connectivity index (χ1v) is 12.8. The Labute approximate surface area is 221 Å². The van der Waals surface area contributed by atoms with Gasteiger partial charge in [-0.05, 0) is 79.8 Å². The van der Waals surface area contributed by atoms with Gasteiger partial charge in [0.2, 0.25) is 5.91 Å². The van der Waals surface area contributed by atoms with Gasteiger partial charge in [-0.1, -0.05) is 48.0 Å². The first-order chi connectivity index (χ1) is 18.2. The average Bonchev–Trinajstić information content (AvgIpc) is 3.33. The van der Waals surface area contributed by atoms with Crippen LogP contribution in [-0.4, -0.2) is 17.2 Å². The molecule has 0 bridgehead atoms. The molecule has 0 spiro atoms. The molecular formula is C32H31FN2O3. The zero-order chi connectivity index (χ0) is 26.9. The molecule has 0 saturated carbocycles. The number of carbonyl (C=O) groups is 1. The summed E-state index contributed by atoms with van der Waals surface area (Å²) in [5.41, 5.74) is 4.25. The zero-order valence-electron chi connectivity index (χ0n) is 21.7. The zero-order valence-corrected chi connectivity index (χ0v) is 21.7. The summed E-state index contributed by atoms with van der Waals surface area (Å²) < 4.78 is 19.6. The van der Waals surface area contributed by atoms with Crippen molar-refractivity contribution < 1.29 is 18.7 Å². The van der Waals surface area contributed by atoms with E-state index in [0.717, 1.165) is 33.2 Å². The van der Waals surface area contributed by atoms with Gasteiger partial charge >= 0.3 is 0 Å². The van der Waals surface area contributed by atoms with Gasteiger partial charge in [0.25, 0.3) is 0 Å². The van der Waals surface area contributed by atoms with Crippen LogP contribution in [0.4, 0.5) is 4.39 Å². The number of aliphatic imine (C=N–C) groups is 1. The van der Waals surface area contributed by atoms with E-state index in [9.17, 15) is 14.3 Å². The highest BCUT2D eigenvalue weighted by Crippen LogP contribution is 2.37. The van der Waals surface area contributed by atoms with Crippen LogP contribution in [0.1, 0.15) is 53.0 Å². The van der Waals surface area contributed by atoms with Gasteiger partial charge in [0.05, 0.1) is 12.5 Å². The van der Waals surface area contributed by atoms with E-state index in [1.807, 2.05) is 56.3 Å². The smallest absolute Gasteiger partial charge is 0.225 e. The van der Waals surface area contributed by atoms with Crippen LogP contribution in [-0.2, 0) is 16.8 Å². The Bertz CT molecular complexity index is 1530. The Morgan fingerprint density at radius 3 is 2.63 bits per heavy atom. The molecule has 194 valence electrons. The van der Waals surface area contributed by atoms with Crippen molar-refractivity contribution in [1.82, 2.24) is 5.32 Å². The molecule has 6 heteroatoms. The van der Waals surface area contributed by atoms with Crippen molar-refractivity contribution in [2.45, 2.75) is 45.3 Å². The summed E-state index contributed by atoms with van der Waals surface area (Å²) in [6, 6.07) is 19.4. The summed E-state index contributed by atoms with van der Waals surface area (Å²) in [4.78, 5) is 17.3. The Hall–Kier alpha value is -4.03. The quantitative estimate of drug-likeness (QED) is 0.300. The van der Waals surface area contributed by atoms with E-state index >= 15 is 0 Å². The van der Waals surface area contributed by atoms with Gasteiger partial charge in [-0.25, -0.2) is 4.39 Å². The minimum Gasteiger partial charge on any atom is -0.458 e. The van der Waals surface area contributed by atoms with Crippen molar-refractivity contribution in [2.24, 2.45) is 10.9 Å². The molecule has 0 fully saturated rings. The maximum atomic E-state index is 13.6. The van der Waals surface area contributed by atoms with Crippen LogP contribution in [0.15, 0.2) is 88.4 Å². The average molecular weight is 511 g/mol. The van der Waals surface area contributed by atoms with Crippen LogP contribution in [0.2, 0.25) is 0 Å². The molecule has 1 amide bonds. The minimum atomic E-state index is -1.19. The lowest BCUT2D eigenvalue weighted by Crippen LogP contribution is -2.31. The normalized spacial score (nSPS) is 17.3. The van der Waals surface area contributed by atoms with Gasteiger partial charge in [-0.15, -0.1) is 0 Å². The highest BCUT2D eigenvalue weighted by molar-refractivity contribution is 5.83. The number of hydrogen-bond acceptors (Lipinski definition) is 4. The van der Waals surface area contributed by atoms with Crippen molar-refractivity contribution in [1.29, 1.82) is 0 Å². The van der Waals surface area contributed by atoms with Crippen molar-refractivity contribution in [2.75, 3.05) is 0 Å².